The molecule has 0 amide bonds. The van der Waals surface area contributed by atoms with Gasteiger partial charge in [0.2, 0.25) is 5.95 Å². The Hall–Kier alpha value is -5.03. The van der Waals surface area contributed by atoms with Crippen LogP contribution in [0.3, 0.4) is 0 Å². The summed E-state index contributed by atoms with van der Waals surface area (Å²) in [5.41, 5.74) is 7.23. The summed E-state index contributed by atoms with van der Waals surface area (Å²) in [5.74, 6) is 0.644. The summed E-state index contributed by atoms with van der Waals surface area (Å²) in [7, 11) is 0. The normalized spacial score (nSPS) is 11.9. The van der Waals surface area contributed by atoms with Crippen LogP contribution in [0.1, 0.15) is 0 Å². The second kappa shape index (κ2) is 7.23. The number of hydrogen-bond acceptors (Lipinski definition) is 3. The average Bonchev–Trinajstić information content (AvgIpc) is 3.46. The third kappa shape index (κ3) is 2.57. The van der Waals surface area contributed by atoms with E-state index in [4.69, 9.17) is 15.0 Å². The van der Waals surface area contributed by atoms with Gasteiger partial charge in [-0.15, -0.1) is 0 Å². The topological polar surface area (TPSA) is 48.5 Å². The molecule has 0 saturated carbocycles. The van der Waals surface area contributed by atoms with Gasteiger partial charge >= 0.3 is 0 Å². The molecule has 0 aliphatic carbocycles. The van der Waals surface area contributed by atoms with E-state index in [1.54, 1.807) is 0 Å². The number of aromatic nitrogens is 5. The van der Waals surface area contributed by atoms with E-state index in [2.05, 4.69) is 81.9 Å². The van der Waals surface area contributed by atoms with E-state index < -0.39 is 0 Å². The Morgan fingerprint density at radius 3 is 2.08 bits per heavy atom. The molecule has 8 rings (SSSR count). The highest BCUT2D eigenvalue weighted by atomic mass is 15.2. The fraction of sp³-hybridized carbons (Fsp3) is 0. The largest absolute Gasteiger partial charge is 0.308 e. The maximum absolute atomic E-state index is 5.03. The lowest BCUT2D eigenvalue weighted by atomic mass is 10.1. The Bertz CT molecular complexity index is 2100. The fourth-order valence-corrected chi connectivity index (χ4v) is 5.47. The number of fused-ring (bicyclic) bond motifs is 8. The van der Waals surface area contributed by atoms with Crippen LogP contribution in [0.2, 0.25) is 0 Å². The number of hydrogen-bond donors (Lipinski definition) is 0. The predicted octanol–water partition coefficient (Wildman–Crippen LogP) is 7.22. The van der Waals surface area contributed by atoms with Crippen LogP contribution in [0, 0.1) is 0 Å². The lowest BCUT2D eigenvalue weighted by Crippen LogP contribution is -2.01. The van der Waals surface area contributed by atoms with E-state index in [9.17, 15) is 0 Å². The summed E-state index contributed by atoms with van der Waals surface area (Å²) in [6.07, 6.45) is 3.90. The molecule has 0 spiro atoms. The molecule has 0 N–H and O–H groups in total. The highest BCUT2D eigenvalue weighted by Crippen LogP contribution is 2.40. The molecule has 5 heteroatoms. The van der Waals surface area contributed by atoms with Gasteiger partial charge in [-0.05, 0) is 30.3 Å². The molecule has 0 atom stereocenters. The zero-order chi connectivity index (χ0) is 23.6. The quantitative estimate of drug-likeness (QED) is 0.273. The first-order chi connectivity index (χ1) is 17.9. The third-order valence-electron chi connectivity index (χ3n) is 7.00. The monoisotopic (exact) mass is 461 g/mol. The smallest absolute Gasteiger partial charge is 0.235 e. The maximum atomic E-state index is 5.03. The van der Waals surface area contributed by atoms with Crippen molar-refractivity contribution < 1.29 is 0 Å². The van der Waals surface area contributed by atoms with Gasteiger partial charge in [0.1, 0.15) is 0 Å². The van der Waals surface area contributed by atoms with Gasteiger partial charge in [-0.1, -0.05) is 72.8 Å². The molecular weight excluding hydrogens is 442 g/mol. The molecule has 168 valence electrons. The lowest BCUT2D eigenvalue weighted by Gasteiger charge is -2.09. The summed E-state index contributed by atoms with van der Waals surface area (Å²) in [4.78, 5) is 14.8. The van der Waals surface area contributed by atoms with Crippen LogP contribution < -0.4 is 0 Å². The Morgan fingerprint density at radius 1 is 0.528 bits per heavy atom. The molecule has 0 unspecified atom stereocenters. The van der Waals surface area contributed by atoms with Crippen LogP contribution in [-0.2, 0) is 0 Å². The first-order valence-electron chi connectivity index (χ1n) is 12.0. The van der Waals surface area contributed by atoms with Crippen molar-refractivity contribution in [3.8, 4) is 11.6 Å². The van der Waals surface area contributed by atoms with E-state index in [-0.39, 0.29) is 0 Å². The molecule has 0 fully saturated rings. The van der Waals surface area contributed by atoms with Crippen LogP contribution in [-0.4, -0.2) is 24.1 Å². The SMILES string of the molecule is c1ccc(-n2c3ccccc3c3c2cnc2c4ccccc4n(-c4ncc5ccccc5n4)c23)cc1. The summed E-state index contributed by atoms with van der Waals surface area (Å²) in [6, 6.07) is 35.5. The zero-order valence-electron chi connectivity index (χ0n) is 19.2. The predicted molar refractivity (Wildman–Crippen MR) is 146 cm³/mol. The molecule has 36 heavy (non-hydrogen) atoms. The van der Waals surface area contributed by atoms with Crippen molar-refractivity contribution in [2.45, 2.75) is 0 Å². The summed E-state index contributed by atoms with van der Waals surface area (Å²) in [6.45, 7) is 0. The molecule has 8 aromatic rings. The van der Waals surface area contributed by atoms with Crippen molar-refractivity contribution in [1.29, 1.82) is 0 Å². The number of nitrogens with zero attached hydrogens (tertiary/aromatic N) is 5. The number of pyridine rings is 1. The van der Waals surface area contributed by atoms with Gasteiger partial charge in [0, 0.05) is 33.4 Å². The molecule has 0 saturated heterocycles. The van der Waals surface area contributed by atoms with Crippen molar-refractivity contribution in [1.82, 2.24) is 24.1 Å². The minimum Gasteiger partial charge on any atom is -0.308 e. The number of benzene rings is 4. The van der Waals surface area contributed by atoms with Gasteiger partial charge in [-0.25, -0.2) is 9.97 Å². The fourth-order valence-electron chi connectivity index (χ4n) is 5.47. The van der Waals surface area contributed by atoms with Gasteiger partial charge < -0.3 is 4.57 Å². The van der Waals surface area contributed by atoms with E-state index in [0.717, 1.165) is 54.9 Å². The van der Waals surface area contributed by atoms with E-state index >= 15 is 0 Å². The van der Waals surface area contributed by atoms with Gasteiger partial charge in [0.15, 0.2) is 0 Å². The third-order valence-corrected chi connectivity index (χ3v) is 7.00. The molecule has 4 aromatic heterocycles. The van der Waals surface area contributed by atoms with Crippen LogP contribution in [0.15, 0.2) is 116 Å². The van der Waals surface area contributed by atoms with Crippen LogP contribution in [0.4, 0.5) is 0 Å². The zero-order valence-corrected chi connectivity index (χ0v) is 19.2. The van der Waals surface area contributed by atoms with Gasteiger partial charge in [0.05, 0.1) is 39.3 Å². The Kier molecular flexibility index (Phi) is 3.88. The van der Waals surface area contributed by atoms with E-state index in [1.165, 1.54) is 5.39 Å². The number of rotatable bonds is 2. The molecule has 0 radical (unpaired) electrons. The molecular formula is C31H19N5. The second-order valence-corrected chi connectivity index (χ2v) is 8.99. The Labute approximate surface area is 205 Å². The van der Waals surface area contributed by atoms with Crippen LogP contribution in [0.5, 0.6) is 0 Å². The van der Waals surface area contributed by atoms with Crippen LogP contribution >= 0.6 is 0 Å². The molecule has 0 aliphatic heterocycles. The average molecular weight is 462 g/mol. The molecule has 4 aromatic carbocycles. The highest BCUT2D eigenvalue weighted by molar-refractivity contribution is 6.24. The van der Waals surface area contributed by atoms with E-state index in [1.807, 2.05) is 42.7 Å². The summed E-state index contributed by atoms with van der Waals surface area (Å²) in [5, 5.41) is 4.43. The molecule has 5 nitrogen and oxygen atoms in total. The molecule has 4 heterocycles. The van der Waals surface area contributed by atoms with Crippen molar-refractivity contribution in [3.63, 3.8) is 0 Å². The van der Waals surface area contributed by atoms with E-state index in [0.29, 0.717) is 5.95 Å². The molecule has 0 bridgehead atoms. The molecule has 0 aliphatic rings. The summed E-state index contributed by atoms with van der Waals surface area (Å²) >= 11 is 0. The van der Waals surface area contributed by atoms with Crippen molar-refractivity contribution in [2.75, 3.05) is 0 Å². The first kappa shape index (κ1) is 19.3. The first-order valence-corrected chi connectivity index (χ1v) is 12.0. The van der Waals surface area contributed by atoms with Crippen molar-refractivity contribution in [3.05, 3.63) is 116 Å². The van der Waals surface area contributed by atoms with Gasteiger partial charge in [-0.2, -0.15) is 0 Å². The number of para-hydroxylation sites is 4. The van der Waals surface area contributed by atoms with Crippen molar-refractivity contribution >= 4 is 54.6 Å². The standard InChI is InChI=1S/C31H19N5/c1-2-11-21(12-3-1)35-25-16-8-5-13-22(25)28-27(35)19-32-29-23-14-6-9-17-26(23)36(30(28)29)31-33-18-20-10-4-7-15-24(20)34-31/h1-19H. The van der Waals surface area contributed by atoms with Crippen LogP contribution in [0.25, 0.3) is 66.3 Å². The maximum Gasteiger partial charge on any atom is 0.235 e. The summed E-state index contributed by atoms with van der Waals surface area (Å²) < 4.78 is 4.47. The van der Waals surface area contributed by atoms with Gasteiger partial charge in [-0.3, -0.25) is 9.55 Å². The minimum atomic E-state index is 0.644. The van der Waals surface area contributed by atoms with Crippen molar-refractivity contribution in [2.24, 2.45) is 0 Å². The Balaban J connectivity index is 1.61. The van der Waals surface area contributed by atoms with Gasteiger partial charge in [0.25, 0.3) is 0 Å². The Morgan fingerprint density at radius 2 is 1.22 bits per heavy atom. The highest BCUT2D eigenvalue weighted by Gasteiger charge is 2.22. The minimum absolute atomic E-state index is 0.644. The lowest BCUT2D eigenvalue weighted by molar-refractivity contribution is 1.01. The second-order valence-electron chi connectivity index (χ2n) is 8.99.